The highest BCUT2D eigenvalue weighted by atomic mass is 79.9. The van der Waals surface area contributed by atoms with Gasteiger partial charge in [0.25, 0.3) is 0 Å². The summed E-state index contributed by atoms with van der Waals surface area (Å²) in [5.74, 6) is 1.27. The van der Waals surface area contributed by atoms with Crippen LogP contribution in [-0.4, -0.2) is 23.0 Å². The molecule has 0 saturated carbocycles. The summed E-state index contributed by atoms with van der Waals surface area (Å²) in [6, 6.07) is 7.85. The van der Waals surface area contributed by atoms with Gasteiger partial charge >= 0.3 is 0 Å². The normalized spacial score (nSPS) is 11.5. The highest BCUT2D eigenvalue weighted by Crippen LogP contribution is 2.26. The van der Waals surface area contributed by atoms with E-state index < -0.39 is 5.54 Å². The number of hydrogen-bond acceptors (Lipinski definition) is 4. The average Bonchev–Trinajstić information content (AvgIpc) is 2.84. The van der Waals surface area contributed by atoms with Crippen LogP contribution in [0.4, 0.5) is 0 Å². The first-order chi connectivity index (χ1) is 10.7. The standard InChI is InChI=1S/C17H22BrN3O2/c1-11-16(12-4-6-13(18)7-5-12)23-15(21-11)9-8-14(22)20-10-17(2,3)19/h4-7H,8-10,19H2,1-3H3,(H,20,22). The molecule has 0 spiro atoms. The average molecular weight is 380 g/mol. The molecule has 23 heavy (non-hydrogen) atoms. The number of nitrogens with one attached hydrogen (secondary N) is 1. The fourth-order valence-corrected chi connectivity index (χ4v) is 2.33. The van der Waals surface area contributed by atoms with Gasteiger partial charge in [0.05, 0.1) is 5.69 Å². The van der Waals surface area contributed by atoms with Crippen LogP contribution in [0.2, 0.25) is 0 Å². The summed E-state index contributed by atoms with van der Waals surface area (Å²) in [6.45, 7) is 6.09. The van der Waals surface area contributed by atoms with Crippen molar-refractivity contribution in [2.75, 3.05) is 6.54 Å². The number of hydrogen-bond donors (Lipinski definition) is 2. The molecule has 0 radical (unpaired) electrons. The summed E-state index contributed by atoms with van der Waals surface area (Å²) in [5, 5.41) is 2.81. The van der Waals surface area contributed by atoms with Crippen molar-refractivity contribution in [1.82, 2.24) is 10.3 Å². The largest absolute Gasteiger partial charge is 0.440 e. The smallest absolute Gasteiger partial charge is 0.220 e. The second-order valence-electron chi connectivity index (χ2n) is 6.29. The highest BCUT2D eigenvalue weighted by molar-refractivity contribution is 9.10. The minimum absolute atomic E-state index is 0.0513. The van der Waals surface area contributed by atoms with Crippen molar-refractivity contribution < 1.29 is 9.21 Å². The third kappa shape index (κ3) is 5.48. The lowest BCUT2D eigenvalue weighted by atomic mass is 10.1. The molecule has 0 unspecified atom stereocenters. The number of nitrogens with two attached hydrogens (primary N) is 1. The summed E-state index contributed by atoms with van der Waals surface area (Å²) in [4.78, 5) is 16.2. The number of oxazole rings is 1. The Labute approximate surface area is 144 Å². The van der Waals surface area contributed by atoms with Crippen LogP contribution in [0.25, 0.3) is 11.3 Å². The Morgan fingerprint density at radius 3 is 2.61 bits per heavy atom. The molecule has 0 aliphatic carbocycles. The fourth-order valence-electron chi connectivity index (χ4n) is 2.06. The van der Waals surface area contributed by atoms with E-state index in [0.717, 1.165) is 21.5 Å². The molecule has 3 N–H and O–H groups in total. The van der Waals surface area contributed by atoms with Crippen LogP contribution in [0.5, 0.6) is 0 Å². The summed E-state index contributed by atoms with van der Waals surface area (Å²) in [7, 11) is 0. The number of carbonyl (C=O) groups is 1. The van der Waals surface area contributed by atoms with Crippen molar-refractivity contribution in [3.05, 3.63) is 40.3 Å². The maximum Gasteiger partial charge on any atom is 0.220 e. The fraction of sp³-hybridized carbons (Fsp3) is 0.412. The molecule has 0 aliphatic heterocycles. The lowest BCUT2D eigenvalue weighted by Crippen LogP contribution is -2.45. The third-order valence-electron chi connectivity index (χ3n) is 3.25. The second-order valence-corrected chi connectivity index (χ2v) is 7.21. The summed E-state index contributed by atoms with van der Waals surface area (Å²) < 4.78 is 6.82. The Bertz CT molecular complexity index is 672. The highest BCUT2D eigenvalue weighted by Gasteiger charge is 2.15. The lowest BCUT2D eigenvalue weighted by molar-refractivity contribution is -0.121. The maximum absolute atomic E-state index is 11.8. The van der Waals surface area contributed by atoms with Crippen molar-refractivity contribution in [3.63, 3.8) is 0 Å². The topological polar surface area (TPSA) is 81.2 Å². The van der Waals surface area contributed by atoms with E-state index in [-0.39, 0.29) is 5.91 Å². The molecule has 0 fully saturated rings. The van der Waals surface area contributed by atoms with E-state index in [4.69, 9.17) is 10.2 Å². The molecule has 5 nitrogen and oxygen atoms in total. The van der Waals surface area contributed by atoms with E-state index in [9.17, 15) is 4.79 Å². The molecule has 2 aromatic rings. The molecule has 124 valence electrons. The SMILES string of the molecule is Cc1nc(CCC(=O)NCC(C)(C)N)oc1-c1ccc(Br)cc1. The van der Waals surface area contributed by atoms with Gasteiger partial charge in [-0.05, 0) is 32.9 Å². The third-order valence-corrected chi connectivity index (χ3v) is 3.78. The van der Waals surface area contributed by atoms with Gasteiger partial charge in [-0.15, -0.1) is 0 Å². The minimum atomic E-state index is -0.413. The van der Waals surface area contributed by atoms with E-state index in [1.807, 2.05) is 45.0 Å². The first-order valence-electron chi connectivity index (χ1n) is 7.52. The number of aryl methyl sites for hydroxylation is 2. The van der Waals surface area contributed by atoms with Gasteiger partial charge in [0.1, 0.15) is 0 Å². The Morgan fingerprint density at radius 2 is 2.00 bits per heavy atom. The molecule has 6 heteroatoms. The van der Waals surface area contributed by atoms with Gasteiger partial charge in [-0.1, -0.05) is 28.1 Å². The van der Waals surface area contributed by atoms with Crippen LogP contribution < -0.4 is 11.1 Å². The Kier molecular flexibility index (Phi) is 5.59. The quantitative estimate of drug-likeness (QED) is 0.807. The number of nitrogens with zero attached hydrogens (tertiary/aromatic N) is 1. The van der Waals surface area contributed by atoms with Gasteiger partial charge < -0.3 is 15.5 Å². The zero-order valence-corrected chi connectivity index (χ0v) is 15.2. The van der Waals surface area contributed by atoms with Gasteiger partial charge in [0.15, 0.2) is 11.7 Å². The first kappa shape index (κ1) is 17.7. The van der Waals surface area contributed by atoms with Crippen LogP contribution in [0.1, 0.15) is 31.9 Å². The van der Waals surface area contributed by atoms with Crippen LogP contribution in [-0.2, 0) is 11.2 Å². The molecule has 2 rings (SSSR count). The van der Waals surface area contributed by atoms with Gasteiger partial charge in [-0.25, -0.2) is 4.98 Å². The molecule has 1 aromatic carbocycles. The Hall–Kier alpha value is -1.66. The van der Waals surface area contributed by atoms with E-state index in [1.54, 1.807) is 0 Å². The van der Waals surface area contributed by atoms with Crippen molar-refractivity contribution in [1.29, 1.82) is 0 Å². The molecule has 1 amide bonds. The Balaban J connectivity index is 1.96. The van der Waals surface area contributed by atoms with Crippen LogP contribution in [0.3, 0.4) is 0 Å². The van der Waals surface area contributed by atoms with Gasteiger partial charge in [-0.2, -0.15) is 0 Å². The number of halogens is 1. The zero-order chi connectivity index (χ0) is 17.0. The van der Waals surface area contributed by atoms with E-state index in [1.165, 1.54) is 0 Å². The van der Waals surface area contributed by atoms with Crippen LogP contribution >= 0.6 is 15.9 Å². The molecule has 1 aromatic heterocycles. The van der Waals surface area contributed by atoms with Crippen molar-refractivity contribution in [3.8, 4) is 11.3 Å². The number of amides is 1. The molecule has 0 atom stereocenters. The molecule has 1 heterocycles. The maximum atomic E-state index is 11.8. The number of rotatable bonds is 6. The van der Waals surface area contributed by atoms with Crippen LogP contribution in [0.15, 0.2) is 33.2 Å². The van der Waals surface area contributed by atoms with Crippen LogP contribution in [0, 0.1) is 6.92 Å². The summed E-state index contributed by atoms with van der Waals surface area (Å²) >= 11 is 3.41. The molecule has 0 bridgehead atoms. The minimum Gasteiger partial charge on any atom is -0.440 e. The predicted molar refractivity (Wildman–Crippen MR) is 94.0 cm³/mol. The number of carbonyl (C=O) groups excluding carboxylic acids is 1. The number of benzene rings is 1. The molecule has 0 saturated heterocycles. The van der Waals surface area contributed by atoms with Gasteiger partial charge in [0, 0.05) is 35.0 Å². The van der Waals surface area contributed by atoms with Crippen molar-refractivity contribution in [2.45, 2.75) is 39.2 Å². The van der Waals surface area contributed by atoms with E-state index in [0.29, 0.717) is 25.3 Å². The first-order valence-corrected chi connectivity index (χ1v) is 8.32. The van der Waals surface area contributed by atoms with Crippen molar-refractivity contribution >= 4 is 21.8 Å². The Morgan fingerprint density at radius 1 is 1.35 bits per heavy atom. The van der Waals surface area contributed by atoms with Gasteiger partial charge in [0.2, 0.25) is 5.91 Å². The predicted octanol–water partition coefficient (Wildman–Crippen LogP) is 3.20. The summed E-state index contributed by atoms with van der Waals surface area (Å²) in [5.41, 5.74) is 7.22. The van der Waals surface area contributed by atoms with E-state index >= 15 is 0 Å². The summed E-state index contributed by atoms with van der Waals surface area (Å²) in [6.07, 6.45) is 0.796. The van der Waals surface area contributed by atoms with Gasteiger partial charge in [-0.3, -0.25) is 4.79 Å². The van der Waals surface area contributed by atoms with Crippen molar-refractivity contribution in [2.24, 2.45) is 5.73 Å². The second kappa shape index (κ2) is 7.27. The van der Waals surface area contributed by atoms with E-state index in [2.05, 4.69) is 26.2 Å². The molecular formula is C17H22BrN3O2. The molecular weight excluding hydrogens is 358 g/mol. The number of aromatic nitrogens is 1. The molecule has 0 aliphatic rings. The zero-order valence-electron chi connectivity index (χ0n) is 13.6. The lowest BCUT2D eigenvalue weighted by Gasteiger charge is -2.18. The monoisotopic (exact) mass is 379 g/mol.